The van der Waals surface area contributed by atoms with Crippen molar-refractivity contribution in [2.24, 2.45) is 0 Å². The summed E-state index contributed by atoms with van der Waals surface area (Å²) >= 11 is 0. The highest BCUT2D eigenvalue weighted by Crippen LogP contribution is 2.50. The Morgan fingerprint density at radius 1 is 0.820 bits per heavy atom. The number of carbonyl (C=O) groups excluding carboxylic acids is 4. The van der Waals surface area contributed by atoms with E-state index in [4.69, 9.17) is 19.3 Å². The van der Waals surface area contributed by atoms with Crippen molar-refractivity contribution in [1.29, 1.82) is 0 Å². The molecule has 1 heterocycles. The standard InChI is InChI=1S/C22H16O12.C13H12N2O/c1-8-5-12(24)10(6-23)19-15(8)22(31)34-20-11(7-32-14(27)4-3-13(25)26)17(28)16(21(29)30)9(2)18(20)33-19;16-13(14-11-7-3-1-4-8-11)15-12-9-5-2-6-10-12/h3-6,24,28H,7H2,1-2H3,(H,25,26)(H,29,30);1-10H,(H2,14,15,16). The highest BCUT2D eigenvalue weighted by molar-refractivity contribution is 6.03. The number of carboxylic acid groups (broad SMARTS) is 2. The Balaban J connectivity index is 0.000000291. The molecule has 50 heavy (non-hydrogen) atoms. The first-order valence-electron chi connectivity index (χ1n) is 14.4. The molecule has 0 atom stereocenters. The molecule has 0 unspecified atom stereocenters. The van der Waals surface area contributed by atoms with Gasteiger partial charge in [-0.1, -0.05) is 36.4 Å². The minimum Gasteiger partial charge on any atom is -0.507 e. The van der Waals surface area contributed by atoms with Gasteiger partial charge in [-0.05, 0) is 49.7 Å². The Bertz CT molecular complexity index is 1980. The Labute approximate surface area is 283 Å². The Morgan fingerprint density at radius 3 is 1.92 bits per heavy atom. The third kappa shape index (κ3) is 8.21. The number of nitrogens with one attached hydrogen (secondary N) is 2. The van der Waals surface area contributed by atoms with Gasteiger partial charge in [0.25, 0.3) is 0 Å². The molecule has 4 aromatic rings. The molecule has 0 fully saturated rings. The van der Waals surface area contributed by atoms with Crippen LogP contribution in [0.2, 0.25) is 0 Å². The van der Waals surface area contributed by atoms with E-state index in [1.165, 1.54) is 13.8 Å². The normalized spacial score (nSPS) is 11.3. The van der Waals surface area contributed by atoms with Crippen molar-refractivity contribution < 1.29 is 63.4 Å². The summed E-state index contributed by atoms with van der Waals surface area (Å²) in [6, 6.07) is 19.5. The van der Waals surface area contributed by atoms with E-state index in [1.807, 2.05) is 60.7 Å². The van der Waals surface area contributed by atoms with Gasteiger partial charge < -0.3 is 45.3 Å². The molecule has 15 nitrogen and oxygen atoms in total. The van der Waals surface area contributed by atoms with Crippen molar-refractivity contribution in [3.05, 3.63) is 112 Å². The molecule has 256 valence electrons. The number of anilines is 2. The van der Waals surface area contributed by atoms with Crippen molar-refractivity contribution in [1.82, 2.24) is 0 Å². The number of esters is 2. The number of phenolic OH excluding ortho intramolecular Hbond substituents is 1. The van der Waals surface area contributed by atoms with E-state index in [0.717, 1.165) is 17.4 Å². The van der Waals surface area contributed by atoms with E-state index in [0.29, 0.717) is 12.2 Å². The van der Waals surface area contributed by atoms with Crippen molar-refractivity contribution in [3.63, 3.8) is 0 Å². The zero-order valence-electron chi connectivity index (χ0n) is 26.3. The fraction of sp³-hybridized carbons (Fsp3) is 0.0857. The van der Waals surface area contributed by atoms with Gasteiger partial charge in [-0.25, -0.2) is 24.0 Å². The van der Waals surface area contributed by atoms with Crippen LogP contribution >= 0.6 is 0 Å². The first-order valence-corrected chi connectivity index (χ1v) is 14.4. The number of rotatable bonds is 8. The third-order valence-corrected chi connectivity index (χ3v) is 6.93. The maximum absolute atomic E-state index is 12.9. The van der Waals surface area contributed by atoms with Crippen LogP contribution in [-0.4, -0.2) is 56.6 Å². The molecule has 6 N–H and O–H groups in total. The molecule has 1 aliphatic rings. The minimum absolute atomic E-state index is 0.169. The Morgan fingerprint density at radius 2 is 1.40 bits per heavy atom. The van der Waals surface area contributed by atoms with E-state index in [1.54, 1.807) is 0 Å². The quantitative estimate of drug-likeness (QED) is 0.0577. The van der Waals surface area contributed by atoms with E-state index in [9.17, 15) is 44.1 Å². The predicted molar refractivity (Wildman–Crippen MR) is 175 cm³/mol. The molecule has 15 heteroatoms. The average molecular weight is 685 g/mol. The summed E-state index contributed by atoms with van der Waals surface area (Å²) in [5.41, 5.74) is -0.254. The van der Waals surface area contributed by atoms with Gasteiger partial charge >= 0.3 is 29.9 Å². The number of aldehydes is 1. The van der Waals surface area contributed by atoms with E-state index in [-0.39, 0.29) is 34.8 Å². The van der Waals surface area contributed by atoms with E-state index >= 15 is 0 Å². The first-order chi connectivity index (χ1) is 23.8. The van der Waals surface area contributed by atoms with Crippen molar-refractivity contribution in [2.45, 2.75) is 20.5 Å². The molecule has 5 rings (SSSR count). The number of phenols is 2. The first kappa shape index (κ1) is 35.7. The Hall–Kier alpha value is -7.16. The second-order valence-corrected chi connectivity index (χ2v) is 10.3. The van der Waals surface area contributed by atoms with Crippen LogP contribution in [0.4, 0.5) is 16.2 Å². The van der Waals surface area contributed by atoms with Gasteiger partial charge in [-0.15, -0.1) is 0 Å². The largest absolute Gasteiger partial charge is 0.507 e. The minimum atomic E-state index is -1.60. The summed E-state index contributed by atoms with van der Waals surface area (Å²) in [4.78, 5) is 70.2. The number of carboxylic acids is 2. The van der Waals surface area contributed by atoms with E-state index < -0.39 is 70.2 Å². The smallest absolute Gasteiger partial charge is 0.347 e. The van der Waals surface area contributed by atoms with Gasteiger partial charge in [-0.3, -0.25) is 4.79 Å². The van der Waals surface area contributed by atoms with Crippen molar-refractivity contribution in [2.75, 3.05) is 10.6 Å². The fourth-order valence-corrected chi connectivity index (χ4v) is 4.65. The second-order valence-electron chi connectivity index (χ2n) is 10.3. The zero-order valence-corrected chi connectivity index (χ0v) is 26.3. The van der Waals surface area contributed by atoms with E-state index in [2.05, 4.69) is 10.6 Å². The van der Waals surface area contributed by atoms with Gasteiger partial charge in [0.15, 0.2) is 23.5 Å². The molecule has 0 saturated carbocycles. The number of benzene rings is 4. The summed E-state index contributed by atoms with van der Waals surface area (Å²) in [5.74, 6) is -7.91. The zero-order chi connectivity index (χ0) is 36.5. The van der Waals surface area contributed by atoms with Crippen molar-refractivity contribution in [3.8, 4) is 28.7 Å². The van der Waals surface area contributed by atoms with Gasteiger partial charge in [0.2, 0.25) is 0 Å². The lowest BCUT2D eigenvalue weighted by atomic mass is 10.0. The molecule has 0 saturated heterocycles. The van der Waals surface area contributed by atoms with Gasteiger partial charge in [0.05, 0.1) is 11.1 Å². The topological polar surface area (TPSA) is 235 Å². The number of aliphatic carboxylic acids is 1. The molecular formula is C35H28N2O13. The molecule has 1 aliphatic heterocycles. The number of hydrogen-bond donors (Lipinski definition) is 6. The molecule has 0 radical (unpaired) electrons. The van der Waals surface area contributed by atoms with Crippen LogP contribution < -0.4 is 20.1 Å². The van der Waals surface area contributed by atoms with Crippen LogP contribution in [0.5, 0.6) is 28.7 Å². The number of amides is 2. The summed E-state index contributed by atoms with van der Waals surface area (Å²) in [5, 5.41) is 44.4. The number of urea groups is 1. The van der Waals surface area contributed by atoms with Crippen LogP contribution in [0, 0.1) is 13.8 Å². The maximum atomic E-state index is 12.9. The molecule has 4 aromatic carbocycles. The number of aromatic hydroxyl groups is 2. The third-order valence-electron chi connectivity index (χ3n) is 6.93. The van der Waals surface area contributed by atoms with Crippen LogP contribution in [0.1, 0.15) is 47.8 Å². The number of aryl methyl sites for hydroxylation is 1. The molecule has 0 spiro atoms. The SMILES string of the molecule is Cc1cc(O)c(C=O)c2c1C(=O)Oc1c(COC(=O)C=CC(=O)O)c(O)c(C(=O)O)c(C)c1O2.O=C(Nc1ccccc1)Nc1ccccc1. The van der Waals surface area contributed by atoms with Crippen LogP contribution in [0.15, 0.2) is 78.9 Å². The van der Waals surface area contributed by atoms with Gasteiger partial charge in [-0.2, -0.15) is 0 Å². The molecular weight excluding hydrogens is 656 g/mol. The molecule has 2 amide bonds. The lowest BCUT2D eigenvalue weighted by Crippen LogP contribution is -2.19. The average Bonchev–Trinajstić information content (AvgIpc) is 3.21. The highest BCUT2D eigenvalue weighted by Gasteiger charge is 2.35. The van der Waals surface area contributed by atoms with Crippen LogP contribution in [0.25, 0.3) is 0 Å². The number of carbonyl (C=O) groups is 6. The number of para-hydroxylation sites is 2. The fourth-order valence-electron chi connectivity index (χ4n) is 4.65. The number of hydrogen-bond acceptors (Lipinski definition) is 11. The summed E-state index contributed by atoms with van der Waals surface area (Å²) in [7, 11) is 0. The lowest BCUT2D eigenvalue weighted by Gasteiger charge is -2.18. The monoisotopic (exact) mass is 684 g/mol. The number of fused-ring (bicyclic) bond motifs is 2. The maximum Gasteiger partial charge on any atom is 0.347 e. The van der Waals surface area contributed by atoms with Crippen molar-refractivity contribution >= 4 is 47.6 Å². The lowest BCUT2D eigenvalue weighted by molar-refractivity contribution is -0.139. The second kappa shape index (κ2) is 15.6. The predicted octanol–water partition coefficient (Wildman–Crippen LogP) is 5.56. The Kier molecular flexibility index (Phi) is 11.1. The van der Waals surface area contributed by atoms with Crippen LogP contribution in [0.3, 0.4) is 0 Å². The summed E-state index contributed by atoms with van der Waals surface area (Å²) in [6.45, 7) is 1.83. The highest BCUT2D eigenvalue weighted by atomic mass is 16.6. The summed E-state index contributed by atoms with van der Waals surface area (Å²) < 4.78 is 15.9. The molecule has 0 aromatic heterocycles. The molecule has 0 aliphatic carbocycles. The van der Waals surface area contributed by atoms with Gasteiger partial charge in [0.1, 0.15) is 29.2 Å². The number of aromatic carboxylic acids is 1. The number of ether oxygens (including phenoxy) is 3. The van der Waals surface area contributed by atoms with Gasteiger partial charge in [0, 0.05) is 29.1 Å². The summed E-state index contributed by atoms with van der Waals surface area (Å²) in [6.07, 6.45) is 1.30. The van der Waals surface area contributed by atoms with Crippen LogP contribution in [-0.2, 0) is 20.9 Å². The molecule has 0 bridgehead atoms.